The molecule has 4 heteroatoms. The number of aromatic nitrogens is 2. The van der Waals surface area contributed by atoms with Crippen molar-refractivity contribution >= 4 is 23.2 Å². The van der Waals surface area contributed by atoms with Crippen molar-refractivity contribution in [1.29, 1.82) is 0 Å². The van der Waals surface area contributed by atoms with Gasteiger partial charge in [0.1, 0.15) is 0 Å². The van der Waals surface area contributed by atoms with Gasteiger partial charge in [0, 0.05) is 19.3 Å². The van der Waals surface area contributed by atoms with Gasteiger partial charge < -0.3 is 0 Å². The van der Waals surface area contributed by atoms with Crippen molar-refractivity contribution in [2.45, 2.75) is 26.7 Å². The van der Waals surface area contributed by atoms with Crippen molar-refractivity contribution in [3.05, 3.63) is 28.1 Å². The molecule has 0 aliphatic rings. The highest BCUT2D eigenvalue weighted by atomic mass is 35.5. The van der Waals surface area contributed by atoms with Gasteiger partial charge in [-0.2, -0.15) is 5.10 Å². The molecule has 0 spiro atoms. The Kier molecular flexibility index (Phi) is 4.68. The van der Waals surface area contributed by atoms with Crippen LogP contribution in [0.15, 0.2) is 11.6 Å². The summed E-state index contributed by atoms with van der Waals surface area (Å²) in [4.78, 5) is 0. The van der Waals surface area contributed by atoms with E-state index in [0.717, 1.165) is 29.3 Å². The number of hydrogen-bond acceptors (Lipinski definition) is 1. The van der Waals surface area contributed by atoms with Crippen molar-refractivity contribution in [2.75, 3.05) is 5.88 Å². The lowest BCUT2D eigenvalue weighted by molar-refractivity contribution is 0.714. The van der Waals surface area contributed by atoms with Crippen LogP contribution in [0.5, 0.6) is 0 Å². The Morgan fingerprint density at radius 2 is 2.20 bits per heavy atom. The van der Waals surface area contributed by atoms with E-state index >= 15 is 0 Å². The maximum Gasteiger partial charge on any atom is 0.0850 e. The van der Waals surface area contributed by atoms with Crippen LogP contribution in [0.3, 0.4) is 0 Å². The van der Waals surface area contributed by atoms with Crippen LogP contribution in [0.4, 0.5) is 0 Å². The summed E-state index contributed by atoms with van der Waals surface area (Å²) in [5.74, 6) is 0.662. The van der Waals surface area contributed by atoms with Gasteiger partial charge in [-0.1, -0.05) is 23.3 Å². The largest absolute Gasteiger partial charge is 0.271 e. The Labute approximate surface area is 101 Å². The molecule has 0 aliphatic carbocycles. The van der Waals surface area contributed by atoms with E-state index < -0.39 is 0 Å². The van der Waals surface area contributed by atoms with Gasteiger partial charge in [0.05, 0.1) is 16.4 Å². The molecule has 15 heavy (non-hydrogen) atoms. The summed E-state index contributed by atoms with van der Waals surface area (Å²) in [6.45, 7) is 4.01. The lowest BCUT2D eigenvalue weighted by Crippen LogP contribution is -1.99. The third-order valence-corrected chi connectivity index (χ3v) is 3.02. The highest BCUT2D eigenvalue weighted by molar-refractivity contribution is 6.31. The average molecular weight is 247 g/mol. The fourth-order valence-corrected chi connectivity index (χ4v) is 1.85. The van der Waals surface area contributed by atoms with Crippen LogP contribution in [-0.2, 0) is 13.5 Å². The monoisotopic (exact) mass is 246 g/mol. The smallest absolute Gasteiger partial charge is 0.0850 e. The third kappa shape index (κ3) is 3.25. The van der Waals surface area contributed by atoms with E-state index in [1.165, 1.54) is 5.57 Å². The minimum atomic E-state index is 0.662. The Morgan fingerprint density at radius 3 is 2.67 bits per heavy atom. The molecule has 0 aliphatic heterocycles. The molecule has 1 aromatic heterocycles. The molecule has 0 unspecified atom stereocenters. The van der Waals surface area contributed by atoms with Gasteiger partial charge in [-0.3, -0.25) is 4.68 Å². The Balaban J connectivity index is 2.80. The number of aryl methyl sites for hydroxylation is 2. The van der Waals surface area contributed by atoms with Gasteiger partial charge in [-0.05, 0) is 20.3 Å². The lowest BCUT2D eigenvalue weighted by Gasteiger charge is -2.03. The van der Waals surface area contributed by atoms with E-state index in [0.29, 0.717) is 5.88 Å². The number of rotatable bonds is 4. The molecule has 1 rings (SSSR count). The Hall–Kier alpha value is -0.470. The van der Waals surface area contributed by atoms with Crippen molar-refractivity contribution in [3.63, 3.8) is 0 Å². The first kappa shape index (κ1) is 12.6. The molecule has 0 amide bonds. The van der Waals surface area contributed by atoms with Crippen LogP contribution in [0.1, 0.15) is 24.7 Å². The predicted molar refractivity (Wildman–Crippen MR) is 65.8 cm³/mol. The molecule has 0 atom stereocenters. The topological polar surface area (TPSA) is 17.8 Å². The quantitative estimate of drug-likeness (QED) is 0.588. The number of allylic oxidation sites excluding steroid dienone is 2. The van der Waals surface area contributed by atoms with Gasteiger partial charge in [-0.15, -0.1) is 11.6 Å². The summed E-state index contributed by atoms with van der Waals surface area (Å²) in [7, 11) is 1.92. The first-order chi connectivity index (χ1) is 7.06. The summed E-state index contributed by atoms with van der Waals surface area (Å²) in [6, 6.07) is 0. The third-order valence-electron chi connectivity index (χ3n) is 2.31. The zero-order valence-corrected chi connectivity index (χ0v) is 10.9. The molecular formula is C11H16Cl2N2. The van der Waals surface area contributed by atoms with E-state index in [9.17, 15) is 0 Å². The normalized spacial score (nSPS) is 12.2. The Morgan fingerprint density at radius 1 is 1.53 bits per heavy atom. The Bertz CT molecular complexity index is 367. The molecule has 84 valence electrons. The molecule has 0 N–H and O–H groups in total. The summed E-state index contributed by atoms with van der Waals surface area (Å²) in [5, 5.41) is 5.05. The van der Waals surface area contributed by atoms with Crippen molar-refractivity contribution in [3.8, 4) is 0 Å². The van der Waals surface area contributed by atoms with Crippen LogP contribution in [0.25, 0.3) is 0 Å². The first-order valence-electron chi connectivity index (χ1n) is 4.95. The summed E-state index contributed by atoms with van der Waals surface area (Å²) < 4.78 is 1.84. The molecule has 1 aromatic rings. The highest BCUT2D eigenvalue weighted by Crippen LogP contribution is 2.22. The SMILES string of the molecule is CC(=CCCCl)Cc1c(Cl)c(C)nn1C. The first-order valence-corrected chi connectivity index (χ1v) is 5.87. The molecule has 2 nitrogen and oxygen atoms in total. The van der Waals surface area contributed by atoms with E-state index in [-0.39, 0.29) is 0 Å². The van der Waals surface area contributed by atoms with E-state index in [4.69, 9.17) is 23.2 Å². The number of hydrogen-bond donors (Lipinski definition) is 0. The number of alkyl halides is 1. The zero-order chi connectivity index (χ0) is 11.4. The second-order valence-electron chi connectivity index (χ2n) is 3.67. The van der Waals surface area contributed by atoms with E-state index in [1.807, 2.05) is 18.7 Å². The fourth-order valence-electron chi connectivity index (χ4n) is 1.51. The highest BCUT2D eigenvalue weighted by Gasteiger charge is 2.10. The predicted octanol–water partition coefficient (Wildman–Crippen LogP) is 3.50. The lowest BCUT2D eigenvalue weighted by atomic mass is 10.1. The second kappa shape index (κ2) is 5.57. The molecule has 0 saturated heterocycles. The van der Waals surface area contributed by atoms with Crippen LogP contribution in [0, 0.1) is 6.92 Å². The van der Waals surface area contributed by atoms with E-state index in [1.54, 1.807) is 0 Å². The van der Waals surface area contributed by atoms with Gasteiger partial charge in [0.25, 0.3) is 0 Å². The minimum absolute atomic E-state index is 0.662. The van der Waals surface area contributed by atoms with Crippen molar-refractivity contribution in [1.82, 2.24) is 9.78 Å². The molecular weight excluding hydrogens is 231 g/mol. The molecule has 1 heterocycles. The van der Waals surface area contributed by atoms with Crippen LogP contribution < -0.4 is 0 Å². The number of nitrogens with zero attached hydrogens (tertiary/aromatic N) is 2. The zero-order valence-electron chi connectivity index (χ0n) is 9.35. The molecule has 0 bridgehead atoms. The maximum atomic E-state index is 6.16. The summed E-state index contributed by atoms with van der Waals surface area (Å²) in [6.07, 6.45) is 3.89. The van der Waals surface area contributed by atoms with Gasteiger partial charge in [0.2, 0.25) is 0 Å². The fraction of sp³-hybridized carbons (Fsp3) is 0.545. The van der Waals surface area contributed by atoms with Gasteiger partial charge >= 0.3 is 0 Å². The molecule has 0 aromatic carbocycles. The van der Waals surface area contributed by atoms with Crippen LogP contribution in [0.2, 0.25) is 5.02 Å². The number of halogens is 2. The second-order valence-corrected chi connectivity index (χ2v) is 4.43. The summed E-state index contributed by atoms with van der Waals surface area (Å²) >= 11 is 11.8. The molecule has 0 fully saturated rings. The van der Waals surface area contributed by atoms with Crippen molar-refractivity contribution < 1.29 is 0 Å². The maximum absolute atomic E-state index is 6.16. The minimum Gasteiger partial charge on any atom is -0.271 e. The van der Waals surface area contributed by atoms with Gasteiger partial charge in [0.15, 0.2) is 0 Å². The van der Waals surface area contributed by atoms with Crippen LogP contribution in [-0.4, -0.2) is 15.7 Å². The summed E-state index contributed by atoms with van der Waals surface area (Å²) in [5.41, 5.74) is 3.23. The average Bonchev–Trinajstić information content (AvgIpc) is 2.42. The standard InChI is InChI=1S/C11H16Cl2N2/c1-8(5-4-6-12)7-10-11(13)9(2)14-15(10)3/h5H,4,6-7H2,1-3H3. The molecule has 0 radical (unpaired) electrons. The van der Waals surface area contributed by atoms with E-state index in [2.05, 4.69) is 18.1 Å². The van der Waals surface area contributed by atoms with Gasteiger partial charge in [-0.25, -0.2) is 0 Å². The van der Waals surface area contributed by atoms with Crippen LogP contribution >= 0.6 is 23.2 Å². The molecule has 0 saturated carbocycles. The van der Waals surface area contributed by atoms with Crippen molar-refractivity contribution in [2.24, 2.45) is 7.05 Å².